The molecule has 11 heteroatoms. The highest BCUT2D eigenvalue weighted by molar-refractivity contribution is 6.41. The zero-order valence-corrected chi connectivity index (χ0v) is 20.7. The predicted octanol–water partition coefficient (Wildman–Crippen LogP) is 4.55. The molecule has 0 radical (unpaired) electrons. The molecule has 1 fully saturated rings. The third-order valence-electron chi connectivity index (χ3n) is 5.50. The van der Waals surface area contributed by atoms with Crippen molar-refractivity contribution in [3.05, 3.63) is 52.1 Å². The third-order valence-corrected chi connectivity index (χ3v) is 6.54. The standard InChI is InChI=1S/C23H23Cl3N4O4/c1-4-18(31)28-14-9-34-10-15(14)29-23-27-8-12-5-11(6-13(24)22(12)30-23)19-20(25)16(32-2)7-17(33-3)21(19)26/h4-8,14-15,18,28,31H,1,9-10H2,2-3H3,(H,27,29,30). The summed E-state index contributed by atoms with van der Waals surface area (Å²) < 4.78 is 16.3. The van der Waals surface area contributed by atoms with Gasteiger partial charge in [-0.25, -0.2) is 9.97 Å². The highest BCUT2D eigenvalue weighted by Crippen LogP contribution is 2.47. The molecule has 0 bridgehead atoms. The van der Waals surface area contributed by atoms with E-state index >= 15 is 0 Å². The summed E-state index contributed by atoms with van der Waals surface area (Å²) in [6, 6.07) is 4.92. The Morgan fingerprint density at radius 2 is 1.79 bits per heavy atom. The smallest absolute Gasteiger partial charge is 0.223 e. The number of halogens is 3. The van der Waals surface area contributed by atoms with Crippen molar-refractivity contribution in [2.24, 2.45) is 0 Å². The number of ether oxygens (including phenoxy) is 3. The lowest BCUT2D eigenvalue weighted by Gasteiger charge is -2.22. The number of nitrogens with one attached hydrogen (secondary N) is 2. The third kappa shape index (κ3) is 4.88. The molecule has 2 aromatic carbocycles. The van der Waals surface area contributed by atoms with Crippen LogP contribution in [0.2, 0.25) is 15.1 Å². The Morgan fingerprint density at radius 3 is 2.44 bits per heavy atom. The molecule has 1 aliphatic rings. The van der Waals surface area contributed by atoms with E-state index in [0.717, 1.165) is 0 Å². The second kappa shape index (κ2) is 10.5. The van der Waals surface area contributed by atoms with Gasteiger partial charge in [0.2, 0.25) is 5.95 Å². The topological polar surface area (TPSA) is 97.8 Å². The Labute approximate surface area is 211 Å². The minimum Gasteiger partial charge on any atom is -0.495 e. The molecule has 1 aromatic heterocycles. The average Bonchev–Trinajstić information content (AvgIpc) is 3.26. The van der Waals surface area contributed by atoms with Gasteiger partial charge in [-0.2, -0.15) is 0 Å². The van der Waals surface area contributed by atoms with E-state index in [1.54, 1.807) is 18.3 Å². The van der Waals surface area contributed by atoms with Gasteiger partial charge in [0.1, 0.15) is 17.7 Å². The van der Waals surface area contributed by atoms with Gasteiger partial charge in [-0.3, -0.25) is 5.32 Å². The first-order chi connectivity index (χ1) is 16.4. The fraction of sp³-hybridized carbons (Fsp3) is 0.304. The molecule has 34 heavy (non-hydrogen) atoms. The predicted molar refractivity (Wildman–Crippen MR) is 134 cm³/mol. The SMILES string of the molecule is C=CC(O)NC1COCC1Nc1ncc2cc(-c3c(Cl)c(OC)cc(OC)c3Cl)cc(Cl)c2n1. The van der Waals surface area contributed by atoms with Crippen LogP contribution in [0.15, 0.2) is 37.1 Å². The van der Waals surface area contributed by atoms with Crippen LogP contribution in [0.3, 0.4) is 0 Å². The average molecular weight is 526 g/mol. The molecule has 3 N–H and O–H groups in total. The van der Waals surface area contributed by atoms with Crippen LogP contribution in [0.1, 0.15) is 0 Å². The lowest BCUT2D eigenvalue weighted by Crippen LogP contribution is -2.47. The Balaban J connectivity index is 1.68. The summed E-state index contributed by atoms with van der Waals surface area (Å²) >= 11 is 19.8. The number of benzene rings is 2. The van der Waals surface area contributed by atoms with Crippen LogP contribution in [0.25, 0.3) is 22.0 Å². The van der Waals surface area contributed by atoms with Crippen molar-refractivity contribution in [3.63, 3.8) is 0 Å². The summed E-state index contributed by atoms with van der Waals surface area (Å²) in [5, 5.41) is 17.8. The summed E-state index contributed by atoms with van der Waals surface area (Å²) in [5.74, 6) is 1.23. The number of hydrogen-bond donors (Lipinski definition) is 3. The summed E-state index contributed by atoms with van der Waals surface area (Å²) in [4.78, 5) is 9.01. The van der Waals surface area contributed by atoms with Crippen molar-refractivity contribution < 1.29 is 19.3 Å². The molecule has 3 atom stereocenters. The summed E-state index contributed by atoms with van der Waals surface area (Å²) in [7, 11) is 3.03. The Bertz CT molecular complexity index is 1200. The largest absolute Gasteiger partial charge is 0.495 e. The minimum absolute atomic E-state index is 0.141. The number of aliphatic hydroxyl groups excluding tert-OH is 1. The van der Waals surface area contributed by atoms with Crippen LogP contribution in [-0.2, 0) is 4.74 Å². The summed E-state index contributed by atoms with van der Waals surface area (Å²) in [5.41, 5.74) is 1.75. The number of nitrogens with zero attached hydrogens (tertiary/aromatic N) is 2. The van der Waals surface area contributed by atoms with Gasteiger partial charge in [0.15, 0.2) is 0 Å². The van der Waals surface area contributed by atoms with E-state index in [4.69, 9.17) is 49.0 Å². The Kier molecular flexibility index (Phi) is 7.67. The van der Waals surface area contributed by atoms with E-state index in [9.17, 15) is 5.11 Å². The van der Waals surface area contributed by atoms with Gasteiger partial charge in [-0.15, -0.1) is 0 Å². The van der Waals surface area contributed by atoms with Gasteiger partial charge in [-0.1, -0.05) is 41.4 Å². The van der Waals surface area contributed by atoms with Crippen LogP contribution in [0, 0.1) is 0 Å². The maximum absolute atomic E-state index is 9.81. The molecule has 1 saturated heterocycles. The lowest BCUT2D eigenvalue weighted by atomic mass is 10.0. The molecule has 3 unspecified atom stereocenters. The van der Waals surface area contributed by atoms with Crippen molar-refractivity contribution in [2.75, 3.05) is 32.8 Å². The van der Waals surface area contributed by atoms with E-state index in [1.165, 1.54) is 20.3 Å². The number of aliphatic hydroxyl groups is 1. The molecule has 0 amide bonds. The van der Waals surface area contributed by atoms with E-state index in [2.05, 4.69) is 27.2 Å². The van der Waals surface area contributed by atoms with E-state index in [-0.39, 0.29) is 12.1 Å². The molecule has 0 spiro atoms. The molecule has 2 heterocycles. The van der Waals surface area contributed by atoms with Gasteiger partial charge >= 0.3 is 0 Å². The number of hydrogen-bond acceptors (Lipinski definition) is 8. The quantitative estimate of drug-likeness (QED) is 0.291. The minimum atomic E-state index is -0.838. The van der Waals surface area contributed by atoms with E-state index in [1.807, 2.05) is 6.07 Å². The number of methoxy groups -OCH3 is 2. The maximum atomic E-state index is 9.81. The van der Waals surface area contributed by atoms with Crippen molar-refractivity contribution in [2.45, 2.75) is 18.3 Å². The van der Waals surface area contributed by atoms with Gasteiger partial charge in [-0.05, 0) is 23.8 Å². The highest BCUT2D eigenvalue weighted by Gasteiger charge is 2.30. The molecule has 1 aliphatic heterocycles. The van der Waals surface area contributed by atoms with Crippen molar-refractivity contribution in [1.82, 2.24) is 15.3 Å². The summed E-state index contributed by atoms with van der Waals surface area (Å²) in [6.07, 6.45) is 2.24. The molecular weight excluding hydrogens is 503 g/mol. The van der Waals surface area contributed by atoms with Gasteiger partial charge in [0.05, 0.1) is 60.1 Å². The van der Waals surface area contributed by atoms with Crippen LogP contribution in [0.4, 0.5) is 5.95 Å². The second-order valence-electron chi connectivity index (χ2n) is 7.62. The van der Waals surface area contributed by atoms with Gasteiger partial charge in [0.25, 0.3) is 0 Å². The number of anilines is 1. The molecule has 8 nitrogen and oxygen atoms in total. The first-order valence-electron chi connectivity index (χ1n) is 10.3. The lowest BCUT2D eigenvalue weighted by molar-refractivity contribution is 0.149. The van der Waals surface area contributed by atoms with Crippen molar-refractivity contribution in [1.29, 1.82) is 0 Å². The van der Waals surface area contributed by atoms with E-state index < -0.39 is 6.23 Å². The van der Waals surface area contributed by atoms with Crippen LogP contribution >= 0.6 is 34.8 Å². The Morgan fingerprint density at radius 1 is 1.12 bits per heavy atom. The summed E-state index contributed by atoms with van der Waals surface area (Å²) in [6.45, 7) is 4.44. The molecule has 3 aromatic rings. The fourth-order valence-electron chi connectivity index (χ4n) is 3.77. The molecular formula is C23H23Cl3N4O4. The first kappa shape index (κ1) is 24.8. The number of fused-ring (bicyclic) bond motifs is 1. The molecule has 0 saturated carbocycles. The zero-order valence-electron chi connectivity index (χ0n) is 18.4. The fourth-order valence-corrected chi connectivity index (χ4v) is 4.76. The van der Waals surface area contributed by atoms with Crippen LogP contribution < -0.4 is 20.1 Å². The highest BCUT2D eigenvalue weighted by atomic mass is 35.5. The maximum Gasteiger partial charge on any atom is 0.223 e. The van der Waals surface area contributed by atoms with Gasteiger partial charge < -0.3 is 24.6 Å². The van der Waals surface area contributed by atoms with Crippen LogP contribution in [0.5, 0.6) is 11.5 Å². The van der Waals surface area contributed by atoms with E-state index in [0.29, 0.717) is 67.8 Å². The molecule has 0 aliphatic carbocycles. The second-order valence-corrected chi connectivity index (χ2v) is 8.78. The van der Waals surface area contributed by atoms with Crippen molar-refractivity contribution in [3.8, 4) is 22.6 Å². The van der Waals surface area contributed by atoms with Gasteiger partial charge in [0, 0.05) is 23.2 Å². The number of rotatable bonds is 8. The Hall–Kier alpha value is -2.33. The normalized spacial score (nSPS) is 18.6. The number of aromatic nitrogens is 2. The van der Waals surface area contributed by atoms with Crippen LogP contribution in [-0.4, -0.2) is 60.8 Å². The monoisotopic (exact) mass is 524 g/mol. The molecule has 4 rings (SSSR count). The molecule has 180 valence electrons. The van der Waals surface area contributed by atoms with Crippen molar-refractivity contribution >= 4 is 51.7 Å². The first-order valence-corrected chi connectivity index (χ1v) is 11.5. The zero-order chi connectivity index (χ0) is 24.4.